The van der Waals surface area contributed by atoms with Crippen LogP contribution < -0.4 is 15.3 Å². The molecular formula is C22H28N4O3. The Morgan fingerprint density at radius 2 is 1.93 bits per heavy atom. The maximum absolute atomic E-state index is 12.9. The Morgan fingerprint density at radius 1 is 1.17 bits per heavy atom. The molecule has 0 aliphatic heterocycles. The molecule has 0 saturated heterocycles. The summed E-state index contributed by atoms with van der Waals surface area (Å²) in [5.74, 6) is 1.77. The molecule has 0 fully saturated rings. The van der Waals surface area contributed by atoms with E-state index in [1.165, 1.54) is 0 Å². The molecule has 2 heterocycles. The van der Waals surface area contributed by atoms with Crippen LogP contribution in [0.2, 0.25) is 0 Å². The van der Waals surface area contributed by atoms with Crippen molar-refractivity contribution in [3.05, 3.63) is 46.4 Å². The summed E-state index contributed by atoms with van der Waals surface area (Å²) < 4.78 is 11.1. The van der Waals surface area contributed by atoms with Crippen LogP contribution in [0.4, 0.5) is 5.82 Å². The summed E-state index contributed by atoms with van der Waals surface area (Å²) in [5, 5.41) is 0.496. The first-order valence-electron chi connectivity index (χ1n) is 9.65. The molecule has 0 aliphatic rings. The normalized spacial score (nSPS) is 11.4. The number of nitrogens with zero attached hydrogens (tertiary/aromatic N) is 4. The minimum absolute atomic E-state index is 0.134. The van der Waals surface area contributed by atoms with Gasteiger partial charge in [0.1, 0.15) is 11.6 Å². The van der Waals surface area contributed by atoms with Crippen molar-refractivity contribution < 1.29 is 9.15 Å². The monoisotopic (exact) mass is 396 g/mol. The summed E-state index contributed by atoms with van der Waals surface area (Å²) in [6.07, 6.45) is 1.73. The second kappa shape index (κ2) is 8.61. The lowest BCUT2D eigenvalue weighted by Gasteiger charge is -2.22. The highest BCUT2D eigenvalue weighted by molar-refractivity contribution is 5.85. The first-order chi connectivity index (χ1) is 13.8. The number of anilines is 1. The van der Waals surface area contributed by atoms with E-state index in [2.05, 4.69) is 14.9 Å². The van der Waals surface area contributed by atoms with Crippen molar-refractivity contribution in [2.24, 2.45) is 0 Å². The van der Waals surface area contributed by atoms with Gasteiger partial charge in [0, 0.05) is 32.4 Å². The highest BCUT2D eigenvalue weighted by atomic mass is 16.5. The number of hydrogen-bond donors (Lipinski definition) is 0. The van der Waals surface area contributed by atoms with Gasteiger partial charge in [-0.3, -0.25) is 0 Å². The van der Waals surface area contributed by atoms with Crippen molar-refractivity contribution in [1.82, 2.24) is 14.9 Å². The first-order valence-corrected chi connectivity index (χ1v) is 9.65. The predicted octanol–water partition coefficient (Wildman–Crippen LogP) is 3.38. The molecule has 0 spiro atoms. The lowest BCUT2D eigenvalue weighted by molar-refractivity contribution is 0.414. The van der Waals surface area contributed by atoms with Gasteiger partial charge in [0.2, 0.25) is 5.89 Å². The number of hydrogen-bond acceptors (Lipinski definition) is 7. The van der Waals surface area contributed by atoms with Gasteiger partial charge >= 0.3 is 5.63 Å². The molecule has 1 aromatic carbocycles. The molecule has 7 nitrogen and oxygen atoms in total. The van der Waals surface area contributed by atoms with E-state index in [1.807, 2.05) is 58.1 Å². The number of benzene rings is 1. The standard InChI is InChI=1S/C22H28N4O3/c1-14(2)17-12-15(28-6)13-18-19(17)22(27)29-21(24-18)16-8-7-9-23-20(16)26(5)11-10-25(3)4/h7-9,12-14H,10-11H2,1-6H3. The van der Waals surface area contributed by atoms with E-state index in [1.54, 1.807) is 19.4 Å². The van der Waals surface area contributed by atoms with Crippen LogP contribution in [-0.4, -0.2) is 56.2 Å². The molecule has 0 saturated carbocycles. The van der Waals surface area contributed by atoms with Crippen LogP contribution in [-0.2, 0) is 0 Å². The van der Waals surface area contributed by atoms with E-state index >= 15 is 0 Å². The molecule has 3 aromatic rings. The van der Waals surface area contributed by atoms with Gasteiger partial charge in [-0.15, -0.1) is 0 Å². The molecular weight excluding hydrogens is 368 g/mol. The molecule has 7 heteroatoms. The Morgan fingerprint density at radius 3 is 2.59 bits per heavy atom. The van der Waals surface area contributed by atoms with Gasteiger partial charge in [-0.05, 0) is 43.8 Å². The van der Waals surface area contributed by atoms with Crippen molar-refractivity contribution in [2.75, 3.05) is 46.2 Å². The van der Waals surface area contributed by atoms with E-state index in [0.29, 0.717) is 22.2 Å². The largest absolute Gasteiger partial charge is 0.497 e. The third-order valence-corrected chi connectivity index (χ3v) is 4.86. The van der Waals surface area contributed by atoms with Crippen molar-refractivity contribution in [2.45, 2.75) is 19.8 Å². The summed E-state index contributed by atoms with van der Waals surface area (Å²) in [6, 6.07) is 7.33. The predicted molar refractivity (Wildman–Crippen MR) is 116 cm³/mol. The smallest absolute Gasteiger partial charge is 0.347 e. The third kappa shape index (κ3) is 4.40. The number of aromatic nitrogens is 2. The first kappa shape index (κ1) is 20.8. The van der Waals surface area contributed by atoms with Crippen molar-refractivity contribution in [3.63, 3.8) is 0 Å². The van der Waals surface area contributed by atoms with E-state index < -0.39 is 5.63 Å². The van der Waals surface area contributed by atoms with Crippen LogP contribution in [0.3, 0.4) is 0 Å². The zero-order chi connectivity index (χ0) is 21.1. The minimum atomic E-state index is -0.401. The van der Waals surface area contributed by atoms with Gasteiger partial charge in [0.25, 0.3) is 0 Å². The molecule has 3 rings (SSSR count). The highest BCUT2D eigenvalue weighted by Crippen LogP contribution is 2.31. The zero-order valence-corrected chi connectivity index (χ0v) is 17.9. The van der Waals surface area contributed by atoms with Crippen LogP contribution >= 0.6 is 0 Å². The van der Waals surface area contributed by atoms with Crippen LogP contribution in [0.25, 0.3) is 22.4 Å². The molecule has 0 bridgehead atoms. The number of methoxy groups -OCH3 is 1. The molecule has 0 radical (unpaired) electrons. The Balaban J connectivity index is 2.16. The molecule has 0 N–H and O–H groups in total. The molecule has 2 aromatic heterocycles. The summed E-state index contributed by atoms with van der Waals surface area (Å²) in [6.45, 7) is 5.71. The lowest BCUT2D eigenvalue weighted by atomic mass is 9.98. The molecule has 154 valence electrons. The van der Waals surface area contributed by atoms with Crippen LogP contribution in [0.15, 0.2) is 39.7 Å². The zero-order valence-electron chi connectivity index (χ0n) is 17.9. The minimum Gasteiger partial charge on any atom is -0.497 e. The second-order valence-electron chi connectivity index (χ2n) is 7.67. The maximum atomic E-state index is 12.9. The van der Waals surface area contributed by atoms with Gasteiger partial charge in [-0.25, -0.2) is 14.8 Å². The fraction of sp³-hybridized carbons (Fsp3) is 0.409. The van der Waals surface area contributed by atoms with Crippen LogP contribution in [0.1, 0.15) is 25.3 Å². The molecule has 0 unspecified atom stereocenters. The molecule has 0 aliphatic carbocycles. The number of ether oxygens (including phenoxy) is 1. The summed E-state index contributed by atoms with van der Waals surface area (Å²) in [7, 11) is 7.62. The van der Waals surface area contributed by atoms with E-state index in [-0.39, 0.29) is 11.8 Å². The fourth-order valence-electron chi connectivity index (χ4n) is 3.22. The number of fused-ring (bicyclic) bond motifs is 1. The molecule has 0 amide bonds. The average Bonchev–Trinajstić information content (AvgIpc) is 2.70. The summed E-state index contributed by atoms with van der Waals surface area (Å²) in [5.41, 5.74) is 1.70. The number of pyridine rings is 1. The Hall–Kier alpha value is -2.93. The molecule has 0 atom stereocenters. The Labute approximate surface area is 170 Å². The van der Waals surface area contributed by atoms with Gasteiger partial charge in [0.05, 0.1) is 23.6 Å². The van der Waals surface area contributed by atoms with Crippen molar-refractivity contribution in [1.29, 1.82) is 0 Å². The molecule has 29 heavy (non-hydrogen) atoms. The fourth-order valence-corrected chi connectivity index (χ4v) is 3.22. The van der Waals surface area contributed by atoms with Crippen LogP contribution in [0.5, 0.6) is 5.75 Å². The summed E-state index contributed by atoms with van der Waals surface area (Å²) in [4.78, 5) is 26.2. The van der Waals surface area contributed by atoms with Crippen molar-refractivity contribution >= 4 is 16.7 Å². The van der Waals surface area contributed by atoms with E-state index in [0.717, 1.165) is 24.5 Å². The number of likely N-dealkylation sites (N-methyl/N-ethyl adjacent to an activating group) is 2. The van der Waals surface area contributed by atoms with Gasteiger partial charge in [-0.2, -0.15) is 0 Å². The van der Waals surface area contributed by atoms with Gasteiger partial charge in [-0.1, -0.05) is 13.8 Å². The topological polar surface area (TPSA) is 71.7 Å². The van der Waals surface area contributed by atoms with Crippen molar-refractivity contribution in [3.8, 4) is 17.2 Å². The van der Waals surface area contributed by atoms with Gasteiger partial charge in [0.15, 0.2) is 0 Å². The average molecular weight is 396 g/mol. The quantitative estimate of drug-likeness (QED) is 0.606. The Kier molecular flexibility index (Phi) is 6.17. The second-order valence-corrected chi connectivity index (χ2v) is 7.67. The SMILES string of the molecule is COc1cc(C(C)C)c2c(=O)oc(-c3cccnc3N(C)CCN(C)C)nc2c1. The third-order valence-electron chi connectivity index (χ3n) is 4.86. The van der Waals surface area contributed by atoms with Gasteiger partial charge < -0.3 is 19.0 Å². The Bertz CT molecular complexity index is 1060. The number of rotatable bonds is 7. The van der Waals surface area contributed by atoms with E-state index in [4.69, 9.17) is 9.15 Å². The van der Waals surface area contributed by atoms with E-state index in [9.17, 15) is 4.79 Å². The summed E-state index contributed by atoms with van der Waals surface area (Å²) >= 11 is 0. The highest BCUT2D eigenvalue weighted by Gasteiger charge is 2.19. The lowest BCUT2D eigenvalue weighted by Crippen LogP contribution is -2.29. The maximum Gasteiger partial charge on any atom is 0.347 e. The van der Waals surface area contributed by atoms with Crippen LogP contribution in [0, 0.1) is 0 Å².